The normalized spacial score (nSPS) is 14.3. The van der Waals surface area contributed by atoms with Crippen molar-refractivity contribution in [2.75, 3.05) is 0 Å². The number of aromatic hydroxyl groups is 2. The predicted octanol–water partition coefficient (Wildman–Crippen LogP) is 0.709. The maximum atomic E-state index is 11.1. The van der Waals surface area contributed by atoms with Gasteiger partial charge in [0, 0.05) is 10.9 Å². The molecular weight excluding hydrogens is 292 g/mol. The first-order valence-electron chi connectivity index (χ1n) is 4.71. The molecule has 6 N–H and O–H groups in total. The van der Waals surface area contributed by atoms with Gasteiger partial charge in [-0.2, -0.15) is 0 Å². The van der Waals surface area contributed by atoms with Gasteiger partial charge in [-0.25, -0.2) is 5.43 Å². The molecular formula is C10H13BrN2O4. The van der Waals surface area contributed by atoms with Gasteiger partial charge < -0.3 is 15.3 Å². The van der Waals surface area contributed by atoms with E-state index in [2.05, 4.69) is 21.4 Å². The second kappa shape index (κ2) is 4.91. The standard InChI is InChI=1S/C10H13BrN2O4/c1-10(13-12,9(16)17)4-5-2-7(14)8(15)3-6(5)11/h2-3,13-15H,4,12H2,1H3,(H,16,17)/t10-/m0/s1. The molecule has 17 heavy (non-hydrogen) atoms. The Hall–Kier alpha value is -1.31. The maximum Gasteiger partial charge on any atom is 0.325 e. The number of rotatable bonds is 4. The van der Waals surface area contributed by atoms with Crippen molar-refractivity contribution in [2.24, 2.45) is 5.84 Å². The lowest BCUT2D eigenvalue weighted by Gasteiger charge is -2.24. The van der Waals surface area contributed by atoms with Gasteiger partial charge in [0.1, 0.15) is 5.54 Å². The van der Waals surface area contributed by atoms with Gasteiger partial charge in [0.2, 0.25) is 0 Å². The fourth-order valence-electron chi connectivity index (χ4n) is 1.30. The Labute approximate surface area is 106 Å². The van der Waals surface area contributed by atoms with E-state index in [-0.39, 0.29) is 17.9 Å². The highest BCUT2D eigenvalue weighted by Crippen LogP contribution is 2.33. The van der Waals surface area contributed by atoms with Crippen LogP contribution in [0.5, 0.6) is 11.5 Å². The van der Waals surface area contributed by atoms with Crippen LogP contribution >= 0.6 is 15.9 Å². The van der Waals surface area contributed by atoms with Crippen molar-refractivity contribution in [3.05, 3.63) is 22.2 Å². The Balaban J connectivity index is 3.10. The molecule has 0 aliphatic heterocycles. The molecule has 94 valence electrons. The fraction of sp³-hybridized carbons (Fsp3) is 0.300. The molecule has 0 aliphatic rings. The fourth-order valence-corrected chi connectivity index (χ4v) is 1.77. The number of carboxylic acids is 1. The number of hydrogen-bond acceptors (Lipinski definition) is 5. The Kier molecular flexibility index (Phi) is 3.97. The second-order valence-corrected chi connectivity index (χ2v) is 4.75. The number of benzene rings is 1. The highest BCUT2D eigenvalue weighted by molar-refractivity contribution is 9.10. The first-order chi connectivity index (χ1) is 7.80. The topological polar surface area (TPSA) is 116 Å². The molecule has 1 rings (SSSR count). The van der Waals surface area contributed by atoms with Crippen molar-refractivity contribution in [1.82, 2.24) is 5.43 Å². The number of phenolic OH excluding ortho intramolecular Hbond substituents is 2. The van der Waals surface area contributed by atoms with Gasteiger partial charge in [0.05, 0.1) is 0 Å². The van der Waals surface area contributed by atoms with Gasteiger partial charge in [-0.1, -0.05) is 15.9 Å². The molecule has 0 unspecified atom stereocenters. The van der Waals surface area contributed by atoms with E-state index in [9.17, 15) is 15.0 Å². The number of carboxylic acid groups (broad SMARTS) is 1. The highest BCUT2D eigenvalue weighted by Gasteiger charge is 2.32. The van der Waals surface area contributed by atoms with Crippen LogP contribution in [0.25, 0.3) is 0 Å². The summed E-state index contributed by atoms with van der Waals surface area (Å²) in [5.74, 6) is 3.51. The van der Waals surface area contributed by atoms with Crippen molar-refractivity contribution >= 4 is 21.9 Å². The minimum absolute atomic E-state index is 0.0489. The van der Waals surface area contributed by atoms with Gasteiger partial charge in [0.25, 0.3) is 0 Å². The monoisotopic (exact) mass is 304 g/mol. The van der Waals surface area contributed by atoms with Crippen LogP contribution in [0.3, 0.4) is 0 Å². The Morgan fingerprint density at radius 2 is 2.00 bits per heavy atom. The largest absolute Gasteiger partial charge is 0.504 e. The van der Waals surface area contributed by atoms with E-state index in [4.69, 9.17) is 10.9 Å². The molecule has 0 fully saturated rings. The first-order valence-corrected chi connectivity index (χ1v) is 5.51. The first kappa shape index (κ1) is 13.8. The molecule has 0 aliphatic carbocycles. The molecule has 1 aromatic carbocycles. The van der Waals surface area contributed by atoms with Crippen LogP contribution < -0.4 is 11.3 Å². The smallest absolute Gasteiger partial charge is 0.325 e. The van der Waals surface area contributed by atoms with Crippen LogP contribution in [-0.2, 0) is 11.2 Å². The lowest BCUT2D eigenvalue weighted by atomic mass is 9.93. The average Bonchev–Trinajstić information content (AvgIpc) is 2.25. The van der Waals surface area contributed by atoms with Crippen LogP contribution in [0.2, 0.25) is 0 Å². The molecule has 7 heteroatoms. The number of nitrogens with one attached hydrogen (secondary N) is 1. The number of hydrazine groups is 1. The predicted molar refractivity (Wildman–Crippen MR) is 64.5 cm³/mol. The second-order valence-electron chi connectivity index (χ2n) is 3.89. The third-order valence-electron chi connectivity index (χ3n) is 2.48. The number of phenols is 2. The summed E-state index contributed by atoms with van der Waals surface area (Å²) in [6.45, 7) is 1.42. The van der Waals surface area contributed by atoms with Crippen molar-refractivity contribution in [3.63, 3.8) is 0 Å². The summed E-state index contributed by atoms with van der Waals surface area (Å²) < 4.78 is 0.496. The van der Waals surface area contributed by atoms with E-state index in [1.165, 1.54) is 19.1 Å². The zero-order valence-corrected chi connectivity index (χ0v) is 10.7. The summed E-state index contributed by atoms with van der Waals surface area (Å²) >= 11 is 3.18. The number of aliphatic carboxylic acids is 1. The van der Waals surface area contributed by atoms with Crippen molar-refractivity contribution in [3.8, 4) is 11.5 Å². The van der Waals surface area contributed by atoms with E-state index >= 15 is 0 Å². The summed E-state index contributed by atoms with van der Waals surface area (Å²) in [7, 11) is 0. The minimum atomic E-state index is -1.36. The van der Waals surface area contributed by atoms with E-state index in [1.54, 1.807) is 0 Å². The van der Waals surface area contributed by atoms with Crippen LogP contribution in [-0.4, -0.2) is 26.8 Å². The average molecular weight is 305 g/mol. The van der Waals surface area contributed by atoms with Crippen molar-refractivity contribution in [1.29, 1.82) is 0 Å². The molecule has 1 aromatic rings. The van der Waals surface area contributed by atoms with E-state index < -0.39 is 11.5 Å². The van der Waals surface area contributed by atoms with Gasteiger partial charge in [-0.05, 0) is 24.6 Å². The number of halogens is 1. The Morgan fingerprint density at radius 1 is 1.47 bits per heavy atom. The van der Waals surface area contributed by atoms with Crippen molar-refractivity contribution in [2.45, 2.75) is 18.9 Å². The number of nitrogens with two attached hydrogens (primary N) is 1. The quantitative estimate of drug-likeness (QED) is 0.318. The Morgan fingerprint density at radius 3 is 2.47 bits per heavy atom. The summed E-state index contributed by atoms with van der Waals surface area (Å²) in [5.41, 5.74) is 1.38. The van der Waals surface area contributed by atoms with E-state index in [0.29, 0.717) is 10.0 Å². The maximum absolute atomic E-state index is 11.1. The van der Waals surface area contributed by atoms with E-state index in [0.717, 1.165) is 0 Å². The molecule has 0 bridgehead atoms. The summed E-state index contributed by atoms with van der Waals surface area (Å²) in [4.78, 5) is 11.1. The zero-order chi connectivity index (χ0) is 13.2. The molecule has 0 spiro atoms. The van der Waals surface area contributed by atoms with Crippen LogP contribution in [0.1, 0.15) is 12.5 Å². The molecule has 1 atom stereocenters. The van der Waals surface area contributed by atoms with Gasteiger partial charge in [-0.15, -0.1) is 0 Å². The van der Waals surface area contributed by atoms with Crippen molar-refractivity contribution < 1.29 is 20.1 Å². The lowest BCUT2D eigenvalue weighted by Crippen LogP contribution is -2.54. The van der Waals surface area contributed by atoms with Gasteiger partial charge in [-0.3, -0.25) is 10.6 Å². The molecule has 0 aromatic heterocycles. The number of hydrogen-bond donors (Lipinski definition) is 5. The molecule has 0 saturated carbocycles. The third kappa shape index (κ3) is 2.87. The van der Waals surface area contributed by atoms with Crippen LogP contribution in [0.4, 0.5) is 0 Å². The van der Waals surface area contributed by atoms with Crippen LogP contribution in [0, 0.1) is 0 Å². The molecule has 0 amide bonds. The summed E-state index contributed by atoms with van der Waals surface area (Å²) in [6.07, 6.45) is 0.0489. The molecule has 0 saturated heterocycles. The van der Waals surface area contributed by atoms with E-state index in [1.807, 2.05) is 0 Å². The minimum Gasteiger partial charge on any atom is -0.504 e. The molecule has 0 heterocycles. The number of carbonyl (C=O) groups is 1. The molecule has 6 nitrogen and oxygen atoms in total. The summed E-state index contributed by atoms with van der Waals surface area (Å²) in [6, 6.07) is 2.58. The van der Waals surface area contributed by atoms with Crippen LogP contribution in [0.15, 0.2) is 16.6 Å². The van der Waals surface area contributed by atoms with Gasteiger partial charge >= 0.3 is 5.97 Å². The zero-order valence-electron chi connectivity index (χ0n) is 9.07. The highest BCUT2D eigenvalue weighted by atomic mass is 79.9. The Bertz CT molecular complexity index is 452. The molecule has 0 radical (unpaired) electrons. The summed E-state index contributed by atoms with van der Waals surface area (Å²) in [5, 5.41) is 27.7. The SMILES string of the molecule is C[C@@](Cc1cc(O)c(O)cc1Br)(NN)C(=O)O. The van der Waals surface area contributed by atoms with Gasteiger partial charge in [0.15, 0.2) is 11.5 Å². The third-order valence-corrected chi connectivity index (χ3v) is 3.22. The lowest BCUT2D eigenvalue weighted by molar-refractivity contribution is -0.144.